The van der Waals surface area contributed by atoms with Gasteiger partial charge in [0.1, 0.15) is 23.0 Å². The molecule has 2 aliphatic rings. The van der Waals surface area contributed by atoms with Crippen LogP contribution in [0.4, 0.5) is 17.5 Å². The molecule has 0 spiro atoms. The van der Waals surface area contributed by atoms with Crippen molar-refractivity contribution in [3.05, 3.63) is 34.7 Å². The smallest absolute Gasteiger partial charge is 0.246 e. The molecule has 1 fully saturated rings. The van der Waals surface area contributed by atoms with E-state index in [1.807, 2.05) is 37.9 Å². The third kappa shape index (κ3) is 3.83. The van der Waals surface area contributed by atoms with Crippen molar-refractivity contribution >= 4 is 50.3 Å². The summed E-state index contributed by atoms with van der Waals surface area (Å²) < 4.78 is 7.01. The molecule has 3 heterocycles. The van der Waals surface area contributed by atoms with Gasteiger partial charge in [0.15, 0.2) is 5.82 Å². The van der Waals surface area contributed by atoms with E-state index in [1.54, 1.807) is 12.4 Å². The lowest BCUT2D eigenvalue weighted by Gasteiger charge is -2.36. The summed E-state index contributed by atoms with van der Waals surface area (Å²) in [6.07, 6.45) is 5.30. The molecule has 166 valence electrons. The Balaban J connectivity index is 1.21. The van der Waals surface area contributed by atoms with E-state index in [0.29, 0.717) is 30.2 Å². The SMILES string of the molecule is Cc1nc(N[C@H]2C[C@@H](COc3cc(Br)cc4nccnc34)C2)nc2c1NC(=O)[C@H](C)N2C. The van der Waals surface area contributed by atoms with Crippen LogP contribution in [0.5, 0.6) is 5.75 Å². The number of carbonyl (C=O) groups is 1. The highest BCUT2D eigenvalue weighted by molar-refractivity contribution is 9.10. The maximum atomic E-state index is 12.1. The first-order valence-corrected chi connectivity index (χ1v) is 11.4. The monoisotopic (exact) mass is 497 g/mol. The average molecular weight is 498 g/mol. The van der Waals surface area contributed by atoms with Gasteiger partial charge in [0, 0.05) is 30.0 Å². The van der Waals surface area contributed by atoms with Gasteiger partial charge in [0.25, 0.3) is 0 Å². The molecule has 0 saturated heterocycles. The van der Waals surface area contributed by atoms with E-state index in [-0.39, 0.29) is 11.9 Å². The first kappa shape index (κ1) is 20.9. The van der Waals surface area contributed by atoms with Crippen LogP contribution in [0.1, 0.15) is 25.5 Å². The summed E-state index contributed by atoms with van der Waals surface area (Å²) in [6.45, 7) is 4.37. The largest absolute Gasteiger partial charge is 0.491 e. The Bertz CT molecular complexity index is 1200. The zero-order valence-electron chi connectivity index (χ0n) is 18.1. The van der Waals surface area contributed by atoms with Crippen molar-refractivity contribution in [3.8, 4) is 5.75 Å². The molecular weight excluding hydrogens is 474 g/mol. The minimum absolute atomic E-state index is 0.0431. The summed E-state index contributed by atoms with van der Waals surface area (Å²) in [4.78, 5) is 31.9. The van der Waals surface area contributed by atoms with Crippen LogP contribution in [0.25, 0.3) is 11.0 Å². The van der Waals surface area contributed by atoms with Gasteiger partial charge in [-0.15, -0.1) is 0 Å². The van der Waals surface area contributed by atoms with Crippen LogP contribution in [-0.2, 0) is 4.79 Å². The fourth-order valence-corrected chi connectivity index (χ4v) is 4.54. The van der Waals surface area contributed by atoms with E-state index < -0.39 is 0 Å². The van der Waals surface area contributed by atoms with Gasteiger partial charge in [-0.1, -0.05) is 15.9 Å². The quantitative estimate of drug-likeness (QED) is 0.551. The number of aromatic nitrogens is 4. The summed E-state index contributed by atoms with van der Waals surface area (Å²) in [5, 5.41) is 6.35. The van der Waals surface area contributed by atoms with Gasteiger partial charge in [0.2, 0.25) is 11.9 Å². The third-order valence-corrected chi connectivity index (χ3v) is 6.62. The van der Waals surface area contributed by atoms with Crippen LogP contribution in [-0.4, -0.2) is 51.6 Å². The molecule has 3 aromatic rings. The number of hydrogen-bond acceptors (Lipinski definition) is 8. The van der Waals surface area contributed by atoms with Crippen LogP contribution in [0.2, 0.25) is 0 Å². The van der Waals surface area contributed by atoms with Crippen LogP contribution < -0.4 is 20.3 Å². The second kappa shape index (κ2) is 8.16. The second-order valence-corrected chi connectivity index (χ2v) is 9.34. The number of rotatable bonds is 5. The summed E-state index contributed by atoms with van der Waals surface area (Å²) in [7, 11) is 1.88. The Morgan fingerprint density at radius 2 is 2.03 bits per heavy atom. The van der Waals surface area contributed by atoms with E-state index in [1.165, 1.54) is 0 Å². The van der Waals surface area contributed by atoms with Crippen molar-refractivity contribution in [1.29, 1.82) is 0 Å². The van der Waals surface area contributed by atoms with Crippen molar-refractivity contribution in [2.45, 2.75) is 38.8 Å². The molecule has 1 aliphatic carbocycles. The molecule has 1 amide bonds. The molecule has 2 N–H and O–H groups in total. The minimum atomic E-state index is -0.270. The Morgan fingerprint density at radius 1 is 1.25 bits per heavy atom. The Kier molecular flexibility index (Phi) is 5.32. The van der Waals surface area contributed by atoms with Crippen LogP contribution in [0.3, 0.4) is 0 Å². The lowest BCUT2D eigenvalue weighted by molar-refractivity contribution is -0.117. The molecule has 0 bridgehead atoms. The van der Waals surface area contributed by atoms with E-state index in [9.17, 15) is 4.79 Å². The Hall–Kier alpha value is -3.01. The number of nitrogens with one attached hydrogen (secondary N) is 2. The lowest BCUT2D eigenvalue weighted by Crippen LogP contribution is -2.45. The number of aryl methyl sites for hydroxylation is 1. The minimum Gasteiger partial charge on any atom is -0.491 e. The van der Waals surface area contributed by atoms with Gasteiger partial charge in [0.05, 0.1) is 17.8 Å². The Labute approximate surface area is 194 Å². The zero-order chi connectivity index (χ0) is 22.4. The predicted octanol–water partition coefficient (Wildman–Crippen LogP) is 3.54. The molecule has 5 rings (SSSR count). The van der Waals surface area contributed by atoms with Crippen molar-refractivity contribution in [3.63, 3.8) is 0 Å². The van der Waals surface area contributed by atoms with E-state index in [2.05, 4.69) is 46.5 Å². The van der Waals surface area contributed by atoms with Gasteiger partial charge < -0.3 is 20.3 Å². The molecule has 0 radical (unpaired) electrons. The molecule has 1 saturated carbocycles. The van der Waals surface area contributed by atoms with Crippen LogP contribution in [0.15, 0.2) is 29.0 Å². The number of nitrogens with zero attached hydrogens (tertiary/aromatic N) is 5. The van der Waals surface area contributed by atoms with E-state index in [0.717, 1.165) is 45.6 Å². The molecule has 0 unspecified atom stereocenters. The number of halogens is 1. The number of benzene rings is 1. The van der Waals surface area contributed by atoms with E-state index >= 15 is 0 Å². The zero-order valence-corrected chi connectivity index (χ0v) is 19.7. The summed E-state index contributed by atoms with van der Waals surface area (Å²) in [5.74, 6) is 2.48. The predicted molar refractivity (Wildman–Crippen MR) is 126 cm³/mol. The topological polar surface area (TPSA) is 105 Å². The highest BCUT2D eigenvalue weighted by Gasteiger charge is 2.33. The molecule has 1 aliphatic heterocycles. The fourth-order valence-electron chi connectivity index (χ4n) is 4.11. The van der Waals surface area contributed by atoms with Gasteiger partial charge in [-0.05, 0) is 44.7 Å². The summed E-state index contributed by atoms with van der Waals surface area (Å²) >= 11 is 3.51. The molecule has 32 heavy (non-hydrogen) atoms. The number of amides is 1. The van der Waals surface area contributed by atoms with Gasteiger partial charge in [-0.25, -0.2) is 9.97 Å². The number of likely N-dealkylation sites (N-methyl/N-ethyl adjacent to an activating group) is 1. The third-order valence-electron chi connectivity index (χ3n) is 6.16. The molecule has 9 nitrogen and oxygen atoms in total. The number of anilines is 3. The number of carbonyl (C=O) groups excluding carboxylic acids is 1. The molecule has 2 aromatic heterocycles. The van der Waals surface area contributed by atoms with Gasteiger partial charge in [-0.2, -0.15) is 4.98 Å². The first-order chi connectivity index (χ1) is 15.4. The average Bonchev–Trinajstić information content (AvgIpc) is 2.74. The van der Waals surface area contributed by atoms with Crippen LogP contribution in [0, 0.1) is 12.8 Å². The maximum Gasteiger partial charge on any atom is 0.246 e. The molecule has 10 heteroatoms. The van der Waals surface area contributed by atoms with Crippen molar-refractivity contribution in [2.75, 3.05) is 29.2 Å². The van der Waals surface area contributed by atoms with Crippen molar-refractivity contribution < 1.29 is 9.53 Å². The van der Waals surface area contributed by atoms with Crippen LogP contribution >= 0.6 is 15.9 Å². The normalized spacial score (nSPS) is 22.2. The van der Waals surface area contributed by atoms with Crippen molar-refractivity contribution in [1.82, 2.24) is 19.9 Å². The van der Waals surface area contributed by atoms with E-state index in [4.69, 9.17) is 4.74 Å². The highest BCUT2D eigenvalue weighted by atomic mass is 79.9. The summed E-state index contributed by atoms with van der Waals surface area (Å²) in [5.41, 5.74) is 3.02. The first-order valence-electron chi connectivity index (χ1n) is 10.6. The number of ether oxygens (including phenoxy) is 1. The molecule has 1 aromatic carbocycles. The van der Waals surface area contributed by atoms with Gasteiger partial charge >= 0.3 is 0 Å². The maximum absolute atomic E-state index is 12.1. The highest BCUT2D eigenvalue weighted by Crippen LogP contribution is 2.35. The molecule has 1 atom stereocenters. The standard InChI is InChI=1S/C22H24BrN7O2/c1-11-18-20(30(3)12(2)21(31)28-18)29-22(26-11)27-15-6-13(7-15)10-32-17-9-14(23)8-16-19(17)25-5-4-24-16/h4-5,8-9,12-13,15H,6-7,10H2,1-3H3,(H,28,31)(H,26,27,29)/t12-,13-,15+/m0/s1. The number of hydrogen-bond donors (Lipinski definition) is 2. The lowest BCUT2D eigenvalue weighted by atomic mass is 9.81. The Morgan fingerprint density at radius 3 is 2.84 bits per heavy atom. The van der Waals surface area contributed by atoms with Crippen molar-refractivity contribution in [2.24, 2.45) is 5.92 Å². The van der Waals surface area contributed by atoms with Gasteiger partial charge in [-0.3, -0.25) is 9.78 Å². The summed E-state index contributed by atoms with van der Waals surface area (Å²) in [6, 6.07) is 3.89. The fraction of sp³-hybridized carbons (Fsp3) is 0.409. The second-order valence-electron chi connectivity index (χ2n) is 8.43. The molecular formula is C22H24BrN7O2. The number of fused-ring (bicyclic) bond motifs is 2.